The van der Waals surface area contributed by atoms with Crippen molar-refractivity contribution < 1.29 is 4.74 Å². The van der Waals surface area contributed by atoms with Crippen LogP contribution in [0.2, 0.25) is 0 Å². The molecule has 0 saturated carbocycles. The molecule has 2 rings (SSSR count). The highest BCUT2D eigenvalue weighted by atomic mass is 16.5. The van der Waals surface area contributed by atoms with Crippen LogP contribution < -0.4 is 11.3 Å². The molecule has 0 radical (unpaired) electrons. The van der Waals surface area contributed by atoms with E-state index in [9.17, 15) is 0 Å². The molecule has 1 unspecified atom stereocenters. The second-order valence-corrected chi connectivity index (χ2v) is 4.14. The first kappa shape index (κ1) is 11.4. The lowest BCUT2D eigenvalue weighted by atomic mass is 9.91. The molecule has 0 spiro atoms. The highest BCUT2D eigenvalue weighted by molar-refractivity contribution is 5.02. The molecule has 0 aliphatic carbocycles. The number of nitrogens with zero attached hydrogens (tertiary/aromatic N) is 2. The van der Waals surface area contributed by atoms with Gasteiger partial charge >= 0.3 is 0 Å². The molecule has 1 fully saturated rings. The van der Waals surface area contributed by atoms with Crippen molar-refractivity contribution in [3.63, 3.8) is 0 Å². The van der Waals surface area contributed by atoms with Crippen LogP contribution in [0.25, 0.3) is 0 Å². The van der Waals surface area contributed by atoms with E-state index in [4.69, 9.17) is 10.6 Å². The summed E-state index contributed by atoms with van der Waals surface area (Å²) in [7, 11) is 0. The second-order valence-electron chi connectivity index (χ2n) is 4.14. The van der Waals surface area contributed by atoms with E-state index in [-0.39, 0.29) is 6.04 Å². The number of nitrogens with one attached hydrogen (secondary N) is 1. The Balaban J connectivity index is 1.94. The number of hydrazine groups is 1. The van der Waals surface area contributed by atoms with E-state index in [1.165, 1.54) is 0 Å². The lowest BCUT2D eigenvalue weighted by Gasteiger charge is -2.25. The van der Waals surface area contributed by atoms with Crippen molar-refractivity contribution in [3.05, 3.63) is 24.3 Å². The number of hydrogen-bond acceptors (Lipinski definition) is 5. The van der Waals surface area contributed by atoms with Crippen LogP contribution in [0.3, 0.4) is 0 Å². The van der Waals surface area contributed by atoms with E-state index in [2.05, 4.69) is 15.4 Å². The summed E-state index contributed by atoms with van der Waals surface area (Å²) < 4.78 is 5.34. The molecule has 0 bridgehead atoms. The summed E-state index contributed by atoms with van der Waals surface area (Å²) in [5, 5.41) is 0. The smallest absolute Gasteiger partial charge is 0.0769 e. The lowest BCUT2D eigenvalue weighted by Crippen LogP contribution is -2.31. The van der Waals surface area contributed by atoms with Gasteiger partial charge in [0.15, 0.2) is 0 Å². The van der Waals surface area contributed by atoms with Gasteiger partial charge in [-0.15, -0.1) is 0 Å². The molecule has 3 N–H and O–H groups in total. The zero-order valence-corrected chi connectivity index (χ0v) is 9.30. The first-order valence-electron chi connectivity index (χ1n) is 5.70. The van der Waals surface area contributed by atoms with E-state index in [1.807, 2.05) is 0 Å². The summed E-state index contributed by atoms with van der Waals surface area (Å²) in [6.45, 7) is 1.73. The Morgan fingerprint density at radius 2 is 2.25 bits per heavy atom. The van der Waals surface area contributed by atoms with Gasteiger partial charge in [-0.2, -0.15) is 0 Å². The summed E-state index contributed by atoms with van der Waals surface area (Å²) >= 11 is 0. The molecule has 0 amide bonds. The Bertz CT molecular complexity index is 300. The molecular formula is C11H18N4O. The number of aromatic nitrogens is 2. The number of hydrogen-bond donors (Lipinski definition) is 2. The molecule has 88 valence electrons. The van der Waals surface area contributed by atoms with Gasteiger partial charge in [0.05, 0.1) is 17.9 Å². The molecule has 5 nitrogen and oxygen atoms in total. The van der Waals surface area contributed by atoms with Crippen LogP contribution >= 0.6 is 0 Å². The molecule has 0 aromatic carbocycles. The summed E-state index contributed by atoms with van der Waals surface area (Å²) in [5.41, 5.74) is 3.74. The maximum Gasteiger partial charge on any atom is 0.0769 e. The van der Waals surface area contributed by atoms with Crippen LogP contribution in [0, 0.1) is 5.92 Å². The molecule has 1 aliphatic rings. The summed E-state index contributed by atoms with van der Waals surface area (Å²) in [5.74, 6) is 6.24. The number of rotatable bonds is 4. The first-order chi connectivity index (χ1) is 7.90. The minimum Gasteiger partial charge on any atom is -0.381 e. The molecule has 1 atom stereocenters. The van der Waals surface area contributed by atoms with Gasteiger partial charge in [-0.25, -0.2) is 0 Å². The molecule has 1 aliphatic heterocycles. The van der Waals surface area contributed by atoms with Crippen molar-refractivity contribution in [2.24, 2.45) is 11.8 Å². The average molecular weight is 222 g/mol. The Morgan fingerprint density at radius 1 is 1.44 bits per heavy atom. The van der Waals surface area contributed by atoms with Crippen LogP contribution in [0.1, 0.15) is 31.0 Å². The molecule has 5 heteroatoms. The molecular weight excluding hydrogens is 204 g/mol. The molecule has 2 heterocycles. The van der Waals surface area contributed by atoms with Crippen LogP contribution in [-0.4, -0.2) is 23.2 Å². The van der Waals surface area contributed by atoms with E-state index in [1.54, 1.807) is 18.6 Å². The fourth-order valence-electron chi connectivity index (χ4n) is 2.08. The van der Waals surface area contributed by atoms with Gasteiger partial charge in [-0.1, -0.05) is 0 Å². The van der Waals surface area contributed by atoms with Gasteiger partial charge in [0.1, 0.15) is 0 Å². The third-order valence-electron chi connectivity index (χ3n) is 3.05. The highest BCUT2D eigenvalue weighted by Crippen LogP contribution is 2.25. The second kappa shape index (κ2) is 5.89. The van der Waals surface area contributed by atoms with Gasteiger partial charge in [0.25, 0.3) is 0 Å². The number of ether oxygens (including phenoxy) is 1. The number of nitrogens with two attached hydrogens (primary N) is 1. The predicted octanol–water partition coefficient (Wildman–Crippen LogP) is 0.798. The Labute approximate surface area is 95.4 Å². The van der Waals surface area contributed by atoms with Crippen molar-refractivity contribution >= 4 is 0 Å². The average Bonchev–Trinajstić information content (AvgIpc) is 2.38. The predicted molar refractivity (Wildman–Crippen MR) is 60.3 cm³/mol. The van der Waals surface area contributed by atoms with Gasteiger partial charge in [0, 0.05) is 25.6 Å². The van der Waals surface area contributed by atoms with Crippen molar-refractivity contribution in [3.8, 4) is 0 Å². The normalized spacial score (nSPS) is 19.6. The maximum absolute atomic E-state index is 5.57. The van der Waals surface area contributed by atoms with Gasteiger partial charge in [0.2, 0.25) is 0 Å². The van der Waals surface area contributed by atoms with E-state index >= 15 is 0 Å². The largest absolute Gasteiger partial charge is 0.381 e. The zero-order valence-electron chi connectivity index (χ0n) is 9.30. The minimum atomic E-state index is 0.0943. The van der Waals surface area contributed by atoms with Gasteiger partial charge < -0.3 is 4.74 Å². The van der Waals surface area contributed by atoms with Crippen molar-refractivity contribution in [1.29, 1.82) is 0 Å². The topological polar surface area (TPSA) is 73.1 Å². The minimum absolute atomic E-state index is 0.0943. The highest BCUT2D eigenvalue weighted by Gasteiger charge is 2.20. The lowest BCUT2D eigenvalue weighted by molar-refractivity contribution is 0.0603. The molecule has 1 aromatic rings. The summed E-state index contributed by atoms with van der Waals surface area (Å²) in [6.07, 6.45) is 8.36. The zero-order chi connectivity index (χ0) is 11.2. The van der Waals surface area contributed by atoms with Gasteiger partial charge in [-0.3, -0.25) is 21.2 Å². The Hall–Kier alpha value is -1.04. The monoisotopic (exact) mass is 222 g/mol. The summed E-state index contributed by atoms with van der Waals surface area (Å²) in [6, 6.07) is 0.0943. The Morgan fingerprint density at radius 3 is 2.88 bits per heavy atom. The molecule has 16 heavy (non-hydrogen) atoms. The molecule has 1 saturated heterocycles. The van der Waals surface area contributed by atoms with Crippen molar-refractivity contribution in [2.45, 2.75) is 25.3 Å². The van der Waals surface area contributed by atoms with Crippen LogP contribution in [0.4, 0.5) is 0 Å². The quantitative estimate of drug-likeness (QED) is 0.582. The molecule has 1 aromatic heterocycles. The van der Waals surface area contributed by atoms with E-state index < -0.39 is 0 Å². The van der Waals surface area contributed by atoms with E-state index in [0.29, 0.717) is 5.92 Å². The Kier molecular flexibility index (Phi) is 4.21. The van der Waals surface area contributed by atoms with Crippen LogP contribution in [0.15, 0.2) is 18.6 Å². The van der Waals surface area contributed by atoms with E-state index in [0.717, 1.165) is 38.2 Å². The fraction of sp³-hybridized carbons (Fsp3) is 0.636. The SMILES string of the molecule is NNC(CC1CCOCC1)c1cnccn1. The third kappa shape index (κ3) is 2.98. The first-order valence-corrected chi connectivity index (χ1v) is 5.70. The van der Waals surface area contributed by atoms with Crippen LogP contribution in [-0.2, 0) is 4.74 Å². The van der Waals surface area contributed by atoms with Gasteiger partial charge in [-0.05, 0) is 25.2 Å². The van der Waals surface area contributed by atoms with Crippen molar-refractivity contribution in [2.75, 3.05) is 13.2 Å². The standard InChI is InChI=1S/C11H18N4O/c12-15-10(11-8-13-3-4-14-11)7-9-1-5-16-6-2-9/h3-4,8-10,15H,1-2,5-7,12H2. The van der Waals surface area contributed by atoms with Crippen molar-refractivity contribution in [1.82, 2.24) is 15.4 Å². The summed E-state index contributed by atoms with van der Waals surface area (Å²) in [4.78, 5) is 8.34. The fourth-order valence-corrected chi connectivity index (χ4v) is 2.08. The van der Waals surface area contributed by atoms with Crippen LogP contribution in [0.5, 0.6) is 0 Å². The maximum atomic E-state index is 5.57. The third-order valence-corrected chi connectivity index (χ3v) is 3.05.